The Kier molecular flexibility index (Phi) is 4.28. The van der Waals surface area contributed by atoms with Crippen LogP contribution in [0.2, 0.25) is 0 Å². The Morgan fingerprint density at radius 3 is 2.62 bits per heavy atom. The Hall–Kier alpha value is -1.58. The summed E-state index contributed by atoms with van der Waals surface area (Å²) < 4.78 is 1.75. The van der Waals surface area contributed by atoms with Gasteiger partial charge in [-0.1, -0.05) is 6.92 Å². The van der Waals surface area contributed by atoms with Gasteiger partial charge in [0, 0.05) is 38.0 Å². The number of amides is 1. The van der Waals surface area contributed by atoms with Crippen molar-refractivity contribution in [3.63, 3.8) is 0 Å². The topological polar surface area (TPSA) is 42.3 Å². The molecule has 1 amide bonds. The van der Waals surface area contributed by atoms with E-state index >= 15 is 0 Å². The molecule has 4 heteroatoms. The van der Waals surface area contributed by atoms with Gasteiger partial charge in [-0.05, 0) is 13.0 Å². The second-order valence-corrected chi connectivity index (χ2v) is 3.76. The Morgan fingerprint density at radius 2 is 2.06 bits per heavy atom. The highest BCUT2D eigenvalue weighted by Crippen LogP contribution is 2.05. The lowest BCUT2D eigenvalue weighted by molar-refractivity contribution is -0.130. The second kappa shape index (κ2) is 5.49. The van der Waals surface area contributed by atoms with Crippen LogP contribution >= 0.6 is 0 Å². The highest BCUT2D eigenvalue weighted by molar-refractivity contribution is 5.95. The smallest absolute Gasteiger partial charge is 0.242 e. The zero-order valence-corrected chi connectivity index (χ0v) is 10.1. The molecule has 0 N–H and O–H groups in total. The van der Waals surface area contributed by atoms with Crippen molar-refractivity contribution in [3.05, 3.63) is 24.0 Å². The zero-order chi connectivity index (χ0) is 12.1. The van der Waals surface area contributed by atoms with Crippen molar-refractivity contribution in [2.75, 3.05) is 13.6 Å². The zero-order valence-electron chi connectivity index (χ0n) is 10.1. The molecule has 0 saturated carbocycles. The molecule has 16 heavy (non-hydrogen) atoms. The van der Waals surface area contributed by atoms with E-state index in [4.69, 9.17) is 0 Å². The van der Waals surface area contributed by atoms with Crippen LogP contribution in [0.3, 0.4) is 0 Å². The molecule has 0 aliphatic rings. The lowest BCUT2D eigenvalue weighted by Crippen LogP contribution is -2.29. The molecule has 0 aromatic carbocycles. The highest BCUT2D eigenvalue weighted by atomic mass is 16.2. The molecule has 1 aromatic heterocycles. The monoisotopic (exact) mass is 222 g/mol. The quantitative estimate of drug-likeness (QED) is 0.709. The molecule has 0 aliphatic heterocycles. The summed E-state index contributed by atoms with van der Waals surface area (Å²) in [5.74, 6) is 0.156. The summed E-state index contributed by atoms with van der Waals surface area (Å²) in [5.41, 5.74) is 0.675. The number of ketones is 1. The van der Waals surface area contributed by atoms with E-state index in [0.29, 0.717) is 25.1 Å². The van der Waals surface area contributed by atoms with Gasteiger partial charge in [-0.3, -0.25) is 9.59 Å². The molecule has 0 spiro atoms. The van der Waals surface area contributed by atoms with Crippen molar-refractivity contribution in [1.29, 1.82) is 0 Å². The minimum atomic E-state index is 0.0496. The molecule has 1 aromatic rings. The Morgan fingerprint density at radius 1 is 1.38 bits per heavy atom. The molecule has 4 nitrogen and oxygen atoms in total. The number of carbonyl (C=O) groups is 2. The average Bonchev–Trinajstić information content (AvgIpc) is 2.75. The van der Waals surface area contributed by atoms with Crippen molar-refractivity contribution < 1.29 is 9.59 Å². The molecule has 0 saturated heterocycles. The summed E-state index contributed by atoms with van der Waals surface area (Å²) in [5, 5.41) is 0. The van der Waals surface area contributed by atoms with Crippen LogP contribution in [-0.2, 0) is 11.3 Å². The normalized spacial score (nSPS) is 10.2. The fraction of sp³-hybridized carbons (Fsp3) is 0.500. The molecule has 1 rings (SSSR count). The summed E-state index contributed by atoms with van der Waals surface area (Å²) in [6.45, 7) is 4.75. The lowest BCUT2D eigenvalue weighted by Gasteiger charge is -2.14. The average molecular weight is 222 g/mol. The third kappa shape index (κ3) is 2.95. The number of hydrogen-bond donors (Lipinski definition) is 0. The molecule has 0 unspecified atom stereocenters. The summed E-state index contributed by atoms with van der Waals surface area (Å²) in [6, 6.07) is 1.76. The molecule has 0 aliphatic carbocycles. The number of hydrogen-bond acceptors (Lipinski definition) is 2. The van der Waals surface area contributed by atoms with E-state index in [1.54, 1.807) is 35.0 Å². The van der Waals surface area contributed by atoms with Gasteiger partial charge in [-0.2, -0.15) is 0 Å². The summed E-state index contributed by atoms with van der Waals surface area (Å²) >= 11 is 0. The first kappa shape index (κ1) is 12.5. The van der Waals surface area contributed by atoms with E-state index in [-0.39, 0.29) is 11.7 Å². The third-order valence-electron chi connectivity index (χ3n) is 2.61. The van der Waals surface area contributed by atoms with E-state index in [0.717, 1.165) is 0 Å². The van der Waals surface area contributed by atoms with Crippen LogP contribution in [0.1, 0.15) is 30.6 Å². The molecule has 1 heterocycles. The maximum Gasteiger partial charge on any atom is 0.242 e. The molecular weight excluding hydrogens is 204 g/mol. The van der Waals surface area contributed by atoms with Crippen LogP contribution in [-0.4, -0.2) is 34.7 Å². The Balaban J connectivity index is 2.65. The predicted octanol–water partition coefficient (Wildman–Crippen LogP) is 1.56. The number of aromatic nitrogens is 1. The minimum Gasteiger partial charge on any atom is -0.344 e. The highest BCUT2D eigenvalue weighted by Gasteiger charge is 2.09. The fourth-order valence-corrected chi connectivity index (χ4v) is 1.36. The SMILES string of the molecule is CCC(=O)c1ccn(CC(=O)N(C)CC)c1. The molecule has 88 valence electrons. The van der Waals surface area contributed by atoms with Crippen LogP contribution < -0.4 is 0 Å². The van der Waals surface area contributed by atoms with Gasteiger partial charge in [0.1, 0.15) is 6.54 Å². The number of likely N-dealkylation sites (N-methyl/N-ethyl adjacent to an activating group) is 1. The number of rotatable bonds is 5. The van der Waals surface area contributed by atoms with E-state index in [9.17, 15) is 9.59 Å². The number of Topliss-reactive ketones (excluding diaryl/α,β-unsaturated/α-hetero) is 1. The van der Waals surface area contributed by atoms with Gasteiger partial charge in [0.25, 0.3) is 0 Å². The van der Waals surface area contributed by atoms with Gasteiger partial charge >= 0.3 is 0 Å². The summed E-state index contributed by atoms with van der Waals surface area (Å²) in [4.78, 5) is 24.7. The van der Waals surface area contributed by atoms with E-state index < -0.39 is 0 Å². The van der Waals surface area contributed by atoms with Gasteiger partial charge in [0.05, 0.1) is 0 Å². The van der Waals surface area contributed by atoms with Crippen LogP contribution in [0.5, 0.6) is 0 Å². The van der Waals surface area contributed by atoms with Gasteiger partial charge < -0.3 is 9.47 Å². The van der Waals surface area contributed by atoms with Gasteiger partial charge in [-0.15, -0.1) is 0 Å². The molecule has 0 radical (unpaired) electrons. The van der Waals surface area contributed by atoms with E-state index in [1.165, 1.54) is 0 Å². The van der Waals surface area contributed by atoms with E-state index in [2.05, 4.69) is 0 Å². The molecular formula is C12H18N2O2. The fourth-order valence-electron chi connectivity index (χ4n) is 1.36. The van der Waals surface area contributed by atoms with Crippen LogP contribution in [0, 0.1) is 0 Å². The van der Waals surface area contributed by atoms with Gasteiger partial charge in [0.15, 0.2) is 5.78 Å². The van der Waals surface area contributed by atoms with Crippen LogP contribution in [0.25, 0.3) is 0 Å². The first-order valence-electron chi connectivity index (χ1n) is 5.51. The van der Waals surface area contributed by atoms with E-state index in [1.807, 2.05) is 13.8 Å². The van der Waals surface area contributed by atoms with Crippen molar-refractivity contribution in [2.24, 2.45) is 0 Å². The predicted molar refractivity (Wildman–Crippen MR) is 62.4 cm³/mol. The maximum absolute atomic E-state index is 11.6. The molecule has 0 atom stereocenters. The van der Waals surface area contributed by atoms with Gasteiger partial charge in [-0.25, -0.2) is 0 Å². The van der Waals surface area contributed by atoms with Crippen LogP contribution in [0.4, 0.5) is 0 Å². The third-order valence-corrected chi connectivity index (χ3v) is 2.61. The van der Waals surface area contributed by atoms with Crippen LogP contribution in [0.15, 0.2) is 18.5 Å². The number of nitrogens with zero attached hydrogens (tertiary/aromatic N) is 2. The number of carbonyl (C=O) groups excluding carboxylic acids is 2. The summed E-state index contributed by atoms with van der Waals surface area (Å²) in [6.07, 6.45) is 3.99. The standard InChI is InChI=1S/C12H18N2O2/c1-4-11(15)10-6-7-14(8-10)9-12(16)13(3)5-2/h6-8H,4-5,9H2,1-3H3. The maximum atomic E-state index is 11.6. The lowest BCUT2D eigenvalue weighted by atomic mass is 10.2. The molecule has 0 bridgehead atoms. The Bertz CT molecular complexity index is 382. The molecule has 0 fully saturated rings. The largest absolute Gasteiger partial charge is 0.344 e. The summed E-state index contributed by atoms with van der Waals surface area (Å²) in [7, 11) is 1.77. The Labute approximate surface area is 95.9 Å². The van der Waals surface area contributed by atoms with Crippen molar-refractivity contribution in [3.8, 4) is 0 Å². The minimum absolute atomic E-state index is 0.0496. The second-order valence-electron chi connectivity index (χ2n) is 3.76. The first-order chi connectivity index (χ1) is 7.58. The van der Waals surface area contributed by atoms with Crippen molar-refractivity contribution in [2.45, 2.75) is 26.8 Å². The van der Waals surface area contributed by atoms with Crippen molar-refractivity contribution in [1.82, 2.24) is 9.47 Å². The van der Waals surface area contributed by atoms with Gasteiger partial charge in [0.2, 0.25) is 5.91 Å². The van der Waals surface area contributed by atoms with Crippen molar-refractivity contribution >= 4 is 11.7 Å². The first-order valence-corrected chi connectivity index (χ1v) is 5.51.